The Balaban J connectivity index is 2.11. The third-order valence-corrected chi connectivity index (χ3v) is 3.99. The topological polar surface area (TPSA) is 39.4 Å². The zero-order chi connectivity index (χ0) is 16.4. The van der Waals surface area contributed by atoms with Gasteiger partial charge in [-0.25, -0.2) is 4.79 Å². The second-order valence-electron chi connectivity index (χ2n) is 5.75. The van der Waals surface area contributed by atoms with Crippen molar-refractivity contribution < 1.29 is 9.15 Å². The number of fused-ring (bicyclic) bond motifs is 1. The van der Waals surface area contributed by atoms with Gasteiger partial charge in [0.15, 0.2) is 0 Å². The van der Waals surface area contributed by atoms with Gasteiger partial charge in [-0.1, -0.05) is 37.3 Å². The summed E-state index contributed by atoms with van der Waals surface area (Å²) < 4.78 is 11.6. The highest BCUT2D eigenvalue weighted by Crippen LogP contribution is 2.33. The average molecular weight is 308 g/mol. The first-order valence-corrected chi connectivity index (χ1v) is 7.87. The summed E-state index contributed by atoms with van der Waals surface area (Å²) in [7, 11) is 0. The molecule has 0 saturated heterocycles. The zero-order valence-electron chi connectivity index (χ0n) is 13.6. The van der Waals surface area contributed by atoms with Crippen molar-refractivity contribution in [2.45, 2.75) is 33.3 Å². The lowest BCUT2D eigenvalue weighted by molar-refractivity contribution is 0.229. The van der Waals surface area contributed by atoms with Crippen LogP contribution in [0.1, 0.15) is 36.6 Å². The van der Waals surface area contributed by atoms with Gasteiger partial charge in [0.1, 0.15) is 17.4 Å². The summed E-state index contributed by atoms with van der Waals surface area (Å²) in [6.45, 7) is 6.02. The predicted octanol–water partition coefficient (Wildman–Crippen LogP) is 4.80. The molecule has 3 rings (SSSR count). The highest BCUT2D eigenvalue weighted by molar-refractivity contribution is 5.87. The number of benzene rings is 2. The minimum atomic E-state index is -0.318. The molecule has 0 amide bonds. The van der Waals surface area contributed by atoms with Gasteiger partial charge in [-0.15, -0.1) is 0 Å². The van der Waals surface area contributed by atoms with Crippen LogP contribution in [0.15, 0.2) is 57.7 Å². The molecule has 23 heavy (non-hydrogen) atoms. The van der Waals surface area contributed by atoms with Crippen molar-refractivity contribution in [1.82, 2.24) is 0 Å². The summed E-state index contributed by atoms with van der Waals surface area (Å²) >= 11 is 0. The van der Waals surface area contributed by atoms with Gasteiger partial charge in [0.2, 0.25) is 0 Å². The SMILES string of the molecule is CCc1cc(=O)oc2cc(C)cc(OC(C)c3ccccc3)c12. The number of rotatable bonds is 4. The van der Waals surface area contributed by atoms with Gasteiger partial charge in [0.05, 0.1) is 5.39 Å². The highest BCUT2D eigenvalue weighted by atomic mass is 16.5. The maximum atomic E-state index is 11.7. The Morgan fingerprint density at radius 2 is 1.87 bits per heavy atom. The van der Waals surface area contributed by atoms with Crippen molar-refractivity contribution in [3.8, 4) is 5.75 Å². The van der Waals surface area contributed by atoms with Crippen LogP contribution in [0.5, 0.6) is 5.75 Å². The molecule has 0 bridgehead atoms. The fourth-order valence-corrected chi connectivity index (χ4v) is 2.82. The summed E-state index contributed by atoms with van der Waals surface area (Å²) in [5.74, 6) is 0.761. The van der Waals surface area contributed by atoms with Crippen molar-refractivity contribution in [2.75, 3.05) is 0 Å². The normalized spacial score (nSPS) is 12.3. The minimum absolute atomic E-state index is 0.0853. The fraction of sp³-hybridized carbons (Fsp3) is 0.250. The Morgan fingerprint density at radius 1 is 1.13 bits per heavy atom. The largest absolute Gasteiger partial charge is 0.485 e. The predicted molar refractivity (Wildman–Crippen MR) is 92.1 cm³/mol. The Kier molecular flexibility index (Phi) is 4.20. The average Bonchev–Trinajstić information content (AvgIpc) is 2.54. The third kappa shape index (κ3) is 3.14. The molecule has 0 saturated carbocycles. The quantitative estimate of drug-likeness (QED) is 0.650. The lowest BCUT2D eigenvalue weighted by Gasteiger charge is -2.18. The first-order valence-electron chi connectivity index (χ1n) is 7.87. The summed E-state index contributed by atoms with van der Waals surface area (Å²) in [6, 6.07) is 15.5. The molecule has 2 aromatic carbocycles. The second kappa shape index (κ2) is 6.29. The van der Waals surface area contributed by atoms with Crippen LogP contribution in [0.25, 0.3) is 11.0 Å². The molecule has 118 valence electrons. The molecule has 0 aliphatic carbocycles. The molecule has 0 aliphatic rings. The smallest absolute Gasteiger partial charge is 0.336 e. The second-order valence-corrected chi connectivity index (χ2v) is 5.75. The van der Waals surface area contributed by atoms with Crippen LogP contribution in [0.3, 0.4) is 0 Å². The molecule has 1 aromatic heterocycles. The summed E-state index contributed by atoms with van der Waals surface area (Å²) in [5, 5.41) is 0.889. The third-order valence-electron chi connectivity index (χ3n) is 3.99. The van der Waals surface area contributed by atoms with Gasteiger partial charge < -0.3 is 9.15 Å². The van der Waals surface area contributed by atoms with Crippen LogP contribution in [0, 0.1) is 6.92 Å². The molecule has 1 heterocycles. The Hall–Kier alpha value is -2.55. The van der Waals surface area contributed by atoms with E-state index in [1.165, 1.54) is 0 Å². The van der Waals surface area contributed by atoms with Crippen LogP contribution in [-0.4, -0.2) is 0 Å². The van der Waals surface area contributed by atoms with Crippen molar-refractivity contribution in [2.24, 2.45) is 0 Å². The van der Waals surface area contributed by atoms with Crippen LogP contribution in [0.2, 0.25) is 0 Å². The first kappa shape index (κ1) is 15.3. The maximum absolute atomic E-state index is 11.7. The lowest BCUT2D eigenvalue weighted by atomic mass is 10.0. The van der Waals surface area contributed by atoms with E-state index in [1.807, 2.05) is 63.2 Å². The van der Waals surface area contributed by atoms with Gasteiger partial charge in [0, 0.05) is 6.07 Å². The van der Waals surface area contributed by atoms with Gasteiger partial charge in [-0.3, -0.25) is 0 Å². The molecule has 0 aliphatic heterocycles. The van der Waals surface area contributed by atoms with E-state index in [0.29, 0.717) is 5.58 Å². The number of hydrogen-bond donors (Lipinski definition) is 0. The molecular weight excluding hydrogens is 288 g/mol. The van der Waals surface area contributed by atoms with Crippen molar-refractivity contribution in [3.05, 3.63) is 75.6 Å². The van der Waals surface area contributed by atoms with E-state index >= 15 is 0 Å². The summed E-state index contributed by atoms with van der Waals surface area (Å²) in [6.07, 6.45) is 0.666. The minimum Gasteiger partial charge on any atom is -0.485 e. The first-order chi connectivity index (χ1) is 11.1. The molecule has 0 N–H and O–H groups in total. The van der Waals surface area contributed by atoms with Crippen LogP contribution in [-0.2, 0) is 6.42 Å². The Labute approximate surface area is 135 Å². The number of aryl methyl sites for hydroxylation is 2. The van der Waals surface area contributed by atoms with Crippen LogP contribution >= 0.6 is 0 Å². The molecular formula is C20H20O3. The van der Waals surface area contributed by atoms with Crippen molar-refractivity contribution >= 4 is 11.0 Å². The molecule has 0 radical (unpaired) electrons. The fourth-order valence-electron chi connectivity index (χ4n) is 2.82. The lowest BCUT2D eigenvalue weighted by Crippen LogP contribution is -2.06. The van der Waals surface area contributed by atoms with E-state index in [9.17, 15) is 4.79 Å². The Morgan fingerprint density at radius 3 is 2.57 bits per heavy atom. The van der Waals surface area contributed by atoms with E-state index in [-0.39, 0.29) is 11.7 Å². The molecule has 3 heteroatoms. The maximum Gasteiger partial charge on any atom is 0.336 e. The summed E-state index contributed by atoms with van der Waals surface area (Å²) in [4.78, 5) is 11.7. The number of hydrogen-bond acceptors (Lipinski definition) is 3. The van der Waals surface area contributed by atoms with Gasteiger partial charge in [0.25, 0.3) is 0 Å². The standard InChI is InChI=1S/C20H20O3/c1-4-15-12-19(21)23-18-11-13(2)10-17(20(15)18)22-14(3)16-8-6-5-7-9-16/h5-12,14H,4H2,1-3H3. The van der Waals surface area contributed by atoms with E-state index < -0.39 is 0 Å². The monoisotopic (exact) mass is 308 g/mol. The van der Waals surface area contributed by atoms with E-state index in [4.69, 9.17) is 9.15 Å². The van der Waals surface area contributed by atoms with Gasteiger partial charge >= 0.3 is 5.63 Å². The van der Waals surface area contributed by atoms with E-state index in [0.717, 1.165) is 34.2 Å². The molecule has 3 nitrogen and oxygen atoms in total. The highest BCUT2D eigenvalue weighted by Gasteiger charge is 2.14. The van der Waals surface area contributed by atoms with E-state index in [2.05, 4.69) is 0 Å². The van der Waals surface area contributed by atoms with Crippen molar-refractivity contribution in [3.63, 3.8) is 0 Å². The number of ether oxygens (including phenoxy) is 1. The van der Waals surface area contributed by atoms with Gasteiger partial charge in [-0.05, 0) is 49.1 Å². The van der Waals surface area contributed by atoms with E-state index in [1.54, 1.807) is 6.07 Å². The van der Waals surface area contributed by atoms with Crippen molar-refractivity contribution in [1.29, 1.82) is 0 Å². The molecule has 3 aromatic rings. The molecule has 1 unspecified atom stereocenters. The molecule has 0 fully saturated rings. The van der Waals surface area contributed by atoms with Gasteiger partial charge in [-0.2, -0.15) is 0 Å². The summed E-state index contributed by atoms with van der Waals surface area (Å²) in [5.41, 5.74) is 3.33. The zero-order valence-corrected chi connectivity index (χ0v) is 13.6. The van der Waals surface area contributed by atoms with Crippen LogP contribution < -0.4 is 10.4 Å². The molecule has 1 atom stereocenters. The Bertz CT molecular complexity index is 879. The van der Waals surface area contributed by atoms with Crippen LogP contribution in [0.4, 0.5) is 0 Å². The molecule has 0 spiro atoms.